The van der Waals surface area contributed by atoms with Gasteiger partial charge in [0.15, 0.2) is 23.0 Å². The predicted molar refractivity (Wildman–Crippen MR) is 246 cm³/mol. The van der Waals surface area contributed by atoms with Gasteiger partial charge >= 0.3 is 5.97 Å². The average molecular weight is 848 g/mol. The third kappa shape index (κ3) is 9.86. The summed E-state index contributed by atoms with van der Waals surface area (Å²) in [4.78, 5) is 32.2. The van der Waals surface area contributed by atoms with E-state index in [2.05, 4.69) is 98.3 Å². The van der Waals surface area contributed by atoms with Crippen molar-refractivity contribution in [2.24, 2.45) is 10.8 Å². The van der Waals surface area contributed by atoms with Crippen molar-refractivity contribution in [1.29, 1.82) is 0 Å². The Labute approximate surface area is 367 Å². The molecule has 2 atom stereocenters. The molecule has 0 saturated heterocycles. The van der Waals surface area contributed by atoms with Crippen LogP contribution in [0.3, 0.4) is 0 Å². The number of nitrogens with zero attached hydrogens (tertiary/aromatic N) is 3. The molecule has 12 heteroatoms. The van der Waals surface area contributed by atoms with Gasteiger partial charge in [0, 0.05) is 67.0 Å². The fourth-order valence-electron chi connectivity index (χ4n) is 9.69. The van der Waals surface area contributed by atoms with Crippen LogP contribution in [0, 0.1) is 10.8 Å². The molecule has 62 heavy (non-hydrogen) atoms. The number of para-hydroxylation sites is 1. The lowest BCUT2D eigenvalue weighted by Gasteiger charge is -2.35. The smallest absolute Gasteiger partial charge is 0.305 e. The SMILES string of the molecule is COC(=O)CCCN(C)Cc1ccc2c(c1)CC(C)N2C(=O)c1cc(OC)c(OCC(C)(C)CC(C)(C)COc2cc3c(cc2OC)CN2c4ccccc4CC2CN3)cc1N. The first-order chi connectivity index (χ1) is 29.6. The molecular formula is C50H65N5O7. The van der Waals surface area contributed by atoms with E-state index in [1.807, 2.05) is 18.0 Å². The topological polar surface area (TPSA) is 128 Å². The van der Waals surface area contributed by atoms with Crippen molar-refractivity contribution >= 4 is 34.6 Å². The molecule has 3 aliphatic heterocycles. The molecule has 332 valence electrons. The van der Waals surface area contributed by atoms with E-state index in [0.717, 1.165) is 85.9 Å². The molecule has 4 aromatic rings. The Morgan fingerprint density at radius 3 is 2.23 bits per heavy atom. The van der Waals surface area contributed by atoms with Crippen molar-refractivity contribution in [1.82, 2.24) is 4.90 Å². The fourth-order valence-corrected chi connectivity index (χ4v) is 9.69. The molecule has 0 saturated carbocycles. The molecular weight excluding hydrogens is 783 g/mol. The van der Waals surface area contributed by atoms with Crippen LogP contribution in [0.1, 0.15) is 86.5 Å². The van der Waals surface area contributed by atoms with Gasteiger partial charge in [-0.3, -0.25) is 9.59 Å². The number of carbonyl (C=O) groups is 2. The highest BCUT2D eigenvalue weighted by Gasteiger charge is 2.36. The largest absolute Gasteiger partial charge is 0.493 e. The third-order valence-electron chi connectivity index (χ3n) is 12.4. The number of amides is 1. The van der Waals surface area contributed by atoms with Crippen molar-refractivity contribution in [3.05, 3.63) is 94.5 Å². The molecule has 3 aliphatic rings. The second kappa shape index (κ2) is 18.4. The number of fused-ring (bicyclic) bond motifs is 5. The number of carbonyl (C=O) groups excluding carboxylic acids is 2. The number of benzene rings is 4. The summed E-state index contributed by atoms with van der Waals surface area (Å²) < 4.78 is 29.4. The lowest BCUT2D eigenvalue weighted by molar-refractivity contribution is -0.140. The lowest BCUT2D eigenvalue weighted by atomic mass is 9.76. The molecule has 1 amide bonds. The van der Waals surface area contributed by atoms with E-state index in [1.54, 1.807) is 26.4 Å². The molecule has 0 aromatic heterocycles. The molecule has 0 fully saturated rings. The van der Waals surface area contributed by atoms with E-state index >= 15 is 0 Å². The summed E-state index contributed by atoms with van der Waals surface area (Å²) in [5.74, 6) is 2.02. The highest BCUT2D eigenvalue weighted by molar-refractivity contribution is 6.11. The second-order valence-electron chi connectivity index (χ2n) is 18.9. The van der Waals surface area contributed by atoms with E-state index in [0.29, 0.717) is 48.4 Å². The first-order valence-corrected chi connectivity index (χ1v) is 21.8. The number of hydrogen-bond donors (Lipinski definition) is 2. The van der Waals surface area contributed by atoms with Crippen LogP contribution in [0.2, 0.25) is 0 Å². The number of methoxy groups -OCH3 is 3. The maximum Gasteiger partial charge on any atom is 0.305 e. The molecule has 4 aromatic carbocycles. The summed E-state index contributed by atoms with van der Waals surface area (Å²) in [5.41, 5.74) is 15.0. The minimum absolute atomic E-state index is 0.0498. The van der Waals surface area contributed by atoms with E-state index < -0.39 is 0 Å². The highest BCUT2D eigenvalue weighted by atomic mass is 16.5. The zero-order valence-electron chi connectivity index (χ0n) is 38.1. The summed E-state index contributed by atoms with van der Waals surface area (Å²) in [6.07, 6.45) is 3.71. The van der Waals surface area contributed by atoms with Gasteiger partial charge < -0.3 is 49.4 Å². The van der Waals surface area contributed by atoms with Crippen molar-refractivity contribution in [2.75, 3.05) is 75.5 Å². The number of ether oxygens (including phenoxy) is 5. The van der Waals surface area contributed by atoms with Gasteiger partial charge in [0.2, 0.25) is 0 Å². The van der Waals surface area contributed by atoms with Gasteiger partial charge in [0.05, 0.1) is 46.1 Å². The van der Waals surface area contributed by atoms with Crippen LogP contribution in [0.4, 0.5) is 22.7 Å². The number of nitrogens with two attached hydrogens (primary N) is 1. The average Bonchev–Trinajstić information content (AvgIpc) is 3.69. The minimum Gasteiger partial charge on any atom is -0.493 e. The number of hydrogen-bond acceptors (Lipinski definition) is 11. The maximum atomic E-state index is 14.2. The Balaban J connectivity index is 0.962. The zero-order valence-corrected chi connectivity index (χ0v) is 38.1. The van der Waals surface area contributed by atoms with Gasteiger partial charge in [-0.2, -0.15) is 0 Å². The molecule has 2 unspecified atom stereocenters. The van der Waals surface area contributed by atoms with Crippen LogP contribution >= 0.6 is 0 Å². The monoisotopic (exact) mass is 847 g/mol. The Morgan fingerprint density at radius 1 is 0.823 bits per heavy atom. The van der Waals surface area contributed by atoms with E-state index in [1.165, 1.54) is 23.9 Å². The van der Waals surface area contributed by atoms with Gasteiger partial charge in [-0.1, -0.05) is 58.0 Å². The fraction of sp³-hybridized carbons (Fsp3) is 0.480. The Bertz CT molecular complexity index is 2270. The van der Waals surface area contributed by atoms with Crippen LogP contribution in [0.15, 0.2) is 66.7 Å². The molecule has 0 spiro atoms. The van der Waals surface area contributed by atoms with Crippen molar-refractivity contribution < 1.29 is 33.3 Å². The van der Waals surface area contributed by atoms with Crippen LogP contribution in [0.25, 0.3) is 0 Å². The Morgan fingerprint density at radius 2 is 1.52 bits per heavy atom. The number of rotatable bonds is 17. The second-order valence-corrected chi connectivity index (χ2v) is 18.9. The third-order valence-corrected chi connectivity index (χ3v) is 12.4. The normalized spacial score (nSPS) is 16.7. The van der Waals surface area contributed by atoms with Gasteiger partial charge in [0.25, 0.3) is 5.91 Å². The Hall–Kier alpha value is -5.62. The summed E-state index contributed by atoms with van der Waals surface area (Å²) in [7, 11) is 6.73. The summed E-state index contributed by atoms with van der Waals surface area (Å²) in [6, 6.07) is 22.9. The standard InChI is InChI=1S/C50H65N5O7/c1-32-19-35-20-33(27-53(6)18-12-15-47(56)60-9)16-17-42(35)55(32)48(57)38-23-44(59-8)45(24-39(38)51)61-30-49(2,3)29-50(4,5)31-62-46-25-40-36(22-43(46)58-7)28-54-37(26-52-40)21-34-13-10-11-14-41(34)54/h10-11,13-14,16-17,20,22-25,32,37,52H,12,15,18-19,21,26-31,51H2,1-9H3. The molecule has 7 rings (SSSR count). The number of nitrogens with one attached hydrogen (secondary N) is 1. The molecule has 3 heterocycles. The van der Waals surface area contributed by atoms with Gasteiger partial charge in [-0.05, 0) is 104 Å². The Kier molecular flexibility index (Phi) is 13.2. The predicted octanol–water partition coefficient (Wildman–Crippen LogP) is 8.52. The summed E-state index contributed by atoms with van der Waals surface area (Å²) in [5, 5.41) is 3.70. The van der Waals surface area contributed by atoms with Crippen LogP contribution in [-0.4, -0.2) is 83.5 Å². The van der Waals surface area contributed by atoms with Crippen LogP contribution in [-0.2, 0) is 35.5 Å². The number of esters is 1. The number of anilines is 4. The molecule has 3 N–H and O–H groups in total. The van der Waals surface area contributed by atoms with Gasteiger partial charge in [0.1, 0.15) is 0 Å². The first kappa shape index (κ1) is 44.4. The van der Waals surface area contributed by atoms with E-state index in [-0.39, 0.29) is 28.7 Å². The number of nitrogen functional groups attached to an aromatic ring is 1. The lowest BCUT2D eigenvalue weighted by Crippen LogP contribution is -2.36. The quantitative estimate of drug-likeness (QED) is 0.0785. The van der Waals surface area contributed by atoms with E-state index in [9.17, 15) is 9.59 Å². The zero-order chi connectivity index (χ0) is 44.3. The van der Waals surface area contributed by atoms with Crippen LogP contribution in [0.5, 0.6) is 23.0 Å². The summed E-state index contributed by atoms with van der Waals surface area (Å²) in [6.45, 7) is 14.9. The van der Waals surface area contributed by atoms with Crippen molar-refractivity contribution in [3.8, 4) is 23.0 Å². The highest BCUT2D eigenvalue weighted by Crippen LogP contribution is 2.43. The molecule has 12 nitrogen and oxygen atoms in total. The van der Waals surface area contributed by atoms with Crippen LogP contribution < -0.4 is 39.8 Å². The molecule has 0 radical (unpaired) electrons. The minimum atomic E-state index is -0.255. The molecule has 0 aliphatic carbocycles. The van der Waals surface area contributed by atoms with E-state index in [4.69, 9.17) is 29.4 Å². The maximum absolute atomic E-state index is 14.2. The molecule has 0 bridgehead atoms. The first-order valence-electron chi connectivity index (χ1n) is 21.8. The van der Waals surface area contributed by atoms with Gasteiger partial charge in [-0.25, -0.2) is 0 Å². The van der Waals surface area contributed by atoms with Gasteiger partial charge in [-0.15, -0.1) is 0 Å². The van der Waals surface area contributed by atoms with Crippen molar-refractivity contribution in [3.63, 3.8) is 0 Å². The summed E-state index contributed by atoms with van der Waals surface area (Å²) >= 11 is 0. The van der Waals surface area contributed by atoms with Crippen molar-refractivity contribution in [2.45, 2.75) is 91.9 Å².